The minimum atomic E-state index is 0.592. The molecule has 2 N–H and O–H groups in total. The lowest BCUT2D eigenvalue weighted by molar-refractivity contribution is 0.637. The van der Waals surface area contributed by atoms with Crippen molar-refractivity contribution in [3.8, 4) is 0 Å². The normalized spacial score (nSPS) is 24.2. The molecule has 1 unspecified atom stereocenters. The number of nitrogens with zero attached hydrogens (tertiary/aromatic N) is 2. The van der Waals surface area contributed by atoms with Crippen LogP contribution in [0.3, 0.4) is 0 Å². The van der Waals surface area contributed by atoms with Gasteiger partial charge in [0.05, 0.1) is 11.9 Å². The Bertz CT molecular complexity index is 376. The number of pyridine rings is 1. The first-order chi connectivity index (χ1) is 9.42. The highest BCUT2D eigenvalue weighted by Gasteiger charge is 2.14. The van der Waals surface area contributed by atoms with Crippen LogP contribution < -0.4 is 15.5 Å². The summed E-state index contributed by atoms with van der Waals surface area (Å²) in [6.07, 6.45) is 8.31. The van der Waals surface area contributed by atoms with Gasteiger partial charge >= 0.3 is 0 Å². The highest BCUT2D eigenvalue weighted by molar-refractivity contribution is 5.49. The molecule has 0 bridgehead atoms. The molecule has 3 rings (SSSR count). The predicted octanol–water partition coefficient (Wildman–Crippen LogP) is 2.24. The average molecular weight is 260 g/mol. The van der Waals surface area contributed by atoms with Gasteiger partial charge < -0.3 is 15.5 Å². The van der Waals surface area contributed by atoms with Crippen LogP contribution in [0.1, 0.15) is 32.1 Å². The largest absolute Gasteiger partial charge is 0.381 e. The molecule has 1 atom stereocenters. The average Bonchev–Trinajstić information content (AvgIpc) is 2.86. The van der Waals surface area contributed by atoms with Crippen molar-refractivity contribution in [3.05, 3.63) is 18.3 Å². The zero-order valence-electron chi connectivity index (χ0n) is 11.6. The summed E-state index contributed by atoms with van der Waals surface area (Å²) in [6.45, 7) is 4.60. The molecule has 0 aliphatic carbocycles. The molecule has 1 aromatic heterocycles. The van der Waals surface area contributed by atoms with Gasteiger partial charge in [0, 0.05) is 19.1 Å². The van der Waals surface area contributed by atoms with Gasteiger partial charge in [-0.2, -0.15) is 0 Å². The first-order valence-electron chi connectivity index (χ1n) is 7.60. The molecule has 0 amide bonds. The summed E-state index contributed by atoms with van der Waals surface area (Å²) >= 11 is 0. The standard InChI is InChI=1S/C15H24N4/c1-2-11-19(10-1)15-6-5-14(12-17-15)18-13-4-3-8-16-9-7-13/h5-6,12-13,16,18H,1-4,7-11H2. The van der Waals surface area contributed by atoms with Crippen LogP contribution in [0, 0.1) is 0 Å². The summed E-state index contributed by atoms with van der Waals surface area (Å²) in [4.78, 5) is 6.97. The predicted molar refractivity (Wildman–Crippen MR) is 79.8 cm³/mol. The van der Waals surface area contributed by atoms with Gasteiger partial charge in [-0.3, -0.25) is 0 Å². The molecule has 0 spiro atoms. The Balaban J connectivity index is 1.58. The molecule has 2 saturated heterocycles. The molecule has 0 aromatic carbocycles. The molecule has 4 nitrogen and oxygen atoms in total. The van der Waals surface area contributed by atoms with Crippen LogP contribution in [-0.4, -0.2) is 37.2 Å². The third-order valence-corrected chi connectivity index (χ3v) is 4.12. The van der Waals surface area contributed by atoms with E-state index in [1.165, 1.54) is 32.1 Å². The summed E-state index contributed by atoms with van der Waals surface area (Å²) in [6, 6.07) is 4.93. The number of rotatable bonds is 3. The second kappa shape index (κ2) is 6.24. The van der Waals surface area contributed by atoms with E-state index in [9.17, 15) is 0 Å². The van der Waals surface area contributed by atoms with E-state index in [1.807, 2.05) is 6.20 Å². The summed E-state index contributed by atoms with van der Waals surface area (Å²) in [5.41, 5.74) is 1.16. The highest BCUT2D eigenvalue weighted by Crippen LogP contribution is 2.20. The van der Waals surface area contributed by atoms with E-state index in [1.54, 1.807) is 0 Å². The maximum Gasteiger partial charge on any atom is 0.128 e. The zero-order chi connectivity index (χ0) is 12.9. The minimum Gasteiger partial charge on any atom is -0.381 e. The fourth-order valence-electron chi connectivity index (χ4n) is 3.00. The summed E-state index contributed by atoms with van der Waals surface area (Å²) in [5, 5.41) is 7.06. The lowest BCUT2D eigenvalue weighted by Gasteiger charge is -2.19. The van der Waals surface area contributed by atoms with Crippen LogP contribution in [0.4, 0.5) is 11.5 Å². The van der Waals surface area contributed by atoms with E-state index in [0.717, 1.165) is 37.7 Å². The molecule has 2 aliphatic heterocycles. The van der Waals surface area contributed by atoms with Gasteiger partial charge in [0.15, 0.2) is 0 Å². The number of anilines is 2. The Labute approximate surface area is 115 Å². The van der Waals surface area contributed by atoms with Crippen molar-refractivity contribution in [3.63, 3.8) is 0 Å². The lowest BCUT2D eigenvalue weighted by atomic mass is 10.1. The molecule has 3 heterocycles. The van der Waals surface area contributed by atoms with Crippen LogP contribution >= 0.6 is 0 Å². The Hall–Kier alpha value is -1.29. The molecule has 1 aromatic rings. The van der Waals surface area contributed by atoms with E-state index in [-0.39, 0.29) is 0 Å². The molecular weight excluding hydrogens is 236 g/mol. The highest BCUT2D eigenvalue weighted by atomic mass is 15.2. The smallest absolute Gasteiger partial charge is 0.128 e. The number of nitrogens with one attached hydrogen (secondary N) is 2. The molecule has 19 heavy (non-hydrogen) atoms. The van der Waals surface area contributed by atoms with Crippen molar-refractivity contribution < 1.29 is 0 Å². The third-order valence-electron chi connectivity index (χ3n) is 4.12. The molecule has 2 fully saturated rings. The Kier molecular flexibility index (Phi) is 4.18. The zero-order valence-corrected chi connectivity index (χ0v) is 11.6. The van der Waals surface area contributed by atoms with Crippen LogP contribution in [0.25, 0.3) is 0 Å². The minimum absolute atomic E-state index is 0.592. The Morgan fingerprint density at radius 1 is 1.11 bits per heavy atom. The summed E-state index contributed by atoms with van der Waals surface area (Å²) < 4.78 is 0. The number of hydrogen-bond acceptors (Lipinski definition) is 4. The van der Waals surface area contributed by atoms with Crippen LogP contribution in [0.2, 0.25) is 0 Å². The lowest BCUT2D eigenvalue weighted by Crippen LogP contribution is -2.22. The maximum atomic E-state index is 4.60. The number of hydrogen-bond donors (Lipinski definition) is 2. The second-order valence-corrected chi connectivity index (χ2v) is 5.62. The molecular formula is C15H24N4. The second-order valence-electron chi connectivity index (χ2n) is 5.62. The topological polar surface area (TPSA) is 40.2 Å². The van der Waals surface area contributed by atoms with Gasteiger partial charge in [0.2, 0.25) is 0 Å². The number of aromatic nitrogens is 1. The third kappa shape index (κ3) is 3.38. The van der Waals surface area contributed by atoms with E-state index in [2.05, 4.69) is 32.7 Å². The Morgan fingerprint density at radius 3 is 2.79 bits per heavy atom. The summed E-state index contributed by atoms with van der Waals surface area (Å²) in [7, 11) is 0. The molecule has 104 valence electrons. The molecule has 2 aliphatic rings. The van der Waals surface area contributed by atoms with Gasteiger partial charge in [-0.05, 0) is 57.3 Å². The van der Waals surface area contributed by atoms with Crippen LogP contribution in [0.5, 0.6) is 0 Å². The van der Waals surface area contributed by atoms with Crippen LogP contribution in [-0.2, 0) is 0 Å². The first-order valence-corrected chi connectivity index (χ1v) is 7.60. The van der Waals surface area contributed by atoms with Gasteiger partial charge in [-0.1, -0.05) is 0 Å². The maximum absolute atomic E-state index is 4.60. The quantitative estimate of drug-likeness (QED) is 0.874. The van der Waals surface area contributed by atoms with Gasteiger partial charge in [-0.15, -0.1) is 0 Å². The van der Waals surface area contributed by atoms with E-state index in [0.29, 0.717) is 6.04 Å². The fourth-order valence-corrected chi connectivity index (χ4v) is 3.00. The van der Waals surface area contributed by atoms with Crippen molar-refractivity contribution in [2.75, 3.05) is 36.4 Å². The monoisotopic (exact) mass is 260 g/mol. The van der Waals surface area contributed by atoms with E-state index < -0.39 is 0 Å². The first kappa shape index (κ1) is 12.7. The van der Waals surface area contributed by atoms with Crippen molar-refractivity contribution in [2.24, 2.45) is 0 Å². The van der Waals surface area contributed by atoms with Gasteiger partial charge in [0.1, 0.15) is 5.82 Å². The molecule has 4 heteroatoms. The van der Waals surface area contributed by atoms with Crippen molar-refractivity contribution >= 4 is 11.5 Å². The van der Waals surface area contributed by atoms with Crippen molar-refractivity contribution in [1.29, 1.82) is 0 Å². The van der Waals surface area contributed by atoms with Crippen molar-refractivity contribution in [1.82, 2.24) is 10.3 Å². The van der Waals surface area contributed by atoms with Crippen molar-refractivity contribution in [2.45, 2.75) is 38.1 Å². The fraction of sp³-hybridized carbons (Fsp3) is 0.667. The van der Waals surface area contributed by atoms with Gasteiger partial charge in [0.25, 0.3) is 0 Å². The molecule has 0 saturated carbocycles. The van der Waals surface area contributed by atoms with Gasteiger partial charge in [-0.25, -0.2) is 4.98 Å². The van der Waals surface area contributed by atoms with E-state index in [4.69, 9.17) is 0 Å². The summed E-state index contributed by atoms with van der Waals surface area (Å²) in [5.74, 6) is 1.13. The van der Waals surface area contributed by atoms with E-state index >= 15 is 0 Å². The Morgan fingerprint density at radius 2 is 2.00 bits per heavy atom. The van der Waals surface area contributed by atoms with Crippen LogP contribution in [0.15, 0.2) is 18.3 Å². The molecule has 0 radical (unpaired) electrons. The SMILES string of the molecule is c1cc(N2CCCC2)ncc1NC1CCCNCC1.